The number of hydrogen-bond acceptors (Lipinski definition) is 1. The average Bonchev–Trinajstić information content (AvgIpc) is 2.94. The number of carbonyl (C=O) groups is 1. The average molecular weight is 286 g/mol. The van der Waals surface area contributed by atoms with Crippen LogP contribution in [0.15, 0.2) is 42.6 Å². The van der Waals surface area contributed by atoms with Crippen molar-refractivity contribution < 1.29 is 13.6 Å². The number of halogens is 2. The molecule has 0 atom stereocenters. The molecule has 2 N–H and O–H groups in total. The molecule has 0 aliphatic carbocycles. The van der Waals surface area contributed by atoms with Gasteiger partial charge in [-0.25, -0.2) is 8.78 Å². The molecule has 0 saturated heterocycles. The van der Waals surface area contributed by atoms with Crippen LogP contribution < -0.4 is 5.32 Å². The van der Waals surface area contributed by atoms with Crippen molar-refractivity contribution in [2.24, 2.45) is 0 Å². The molecule has 0 aliphatic rings. The van der Waals surface area contributed by atoms with Gasteiger partial charge in [-0.05, 0) is 42.1 Å². The number of aryl methyl sites for hydroxylation is 1. The van der Waals surface area contributed by atoms with Gasteiger partial charge in [-0.1, -0.05) is 12.1 Å². The monoisotopic (exact) mass is 286 g/mol. The highest BCUT2D eigenvalue weighted by molar-refractivity contribution is 6.06. The second-order valence-electron chi connectivity index (χ2n) is 4.79. The summed E-state index contributed by atoms with van der Waals surface area (Å²) in [6, 6.07) is 9.33. The zero-order chi connectivity index (χ0) is 15.0. The van der Waals surface area contributed by atoms with E-state index in [0.29, 0.717) is 5.56 Å². The molecule has 3 nitrogen and oxygen atoms in total. The predicted octanol–water partition coefficient (Wildman–Crippen LogP) is 4.01. The van der Waals surface area contributed by atoms with Crippen LogP contribution in [-0.4, -0.2) is 10.9 Å². The fourth-order valence-corrected chi connectivity index (χ4v) is 2.15. The summed E-state index contributed by atoms with van der Waals surface area (Å²) in [6.45, 7) is 1.51. The first-order chi connectivity index (χ1) is 10.1. The summed E-state index contributed by atoms with van der Waals surface area (Å²) in [7, 11) is 0. The van der Waals surface area contributed by atoms with Gasteiger partial charge in [-0.3, -0.25) is 4.79 Å². The summed E-state index contributed by atoms with van der Waals surface area (Å²) in [6.07, 6.45) is 1.76. The van der Waals surface area contributed by atoms with Gasteiger partial charge >= 0.3 is 0 Å². The van der Waals surface area contributed by atoms with E-state index in [1.165, 1.54) is 13.0 Å². The van der Waals surface area contributed by atoms with Gasteiger partial charge in [-0.15, -0.1) is 0 Å². The Balaban J connectivity index is 1.94. The zero-order valence-electron chi connectivity index (χ0n) is 11.2. The van der Waals surface area contributed by atoms with Crippen molar-refractivity contribution in [2.75, 3.05) is 5.32 Å². The summed E-state index contributed by atoms with van der Waals surface area (Å²) in [5.41, 5.74) is 0.955. The highest BCUT2D eigenvalue weighted by Crippen LogP contribution is 2.23. The molecule has 1 amide bonds. The van der Waals surface area contributed by atoms with Crippen molar-refractivity contribution in [1.82, 2.24) is 4.98 Å². The van der Waals surface area contributed by atoms with Gasteiger partial charge in [0, 0.05) is 17.3 Å². The van der Waals surface area contributed by atoms with Crippen LogP contribution in [-0.2, 0) is 0 Å². The first-order valence-electron chi connectivity index (χ1n) is 6.39. The fourth-order valence-electron chi connectivity index (χ4n) is 2.15. The number of H-pyrrole nitrogens is 1. The third-order valence-corrected chi connectivity index (χ3v) is 3.34. The van der Waals surface area contributed by atoms with Crippen LogP contribution in [0.4, 0.5) is 14.5 Å². The van der Waals surface area contributed by atoms with E-state index in [-0.39, 0.29) is 5.56 Å². The molecular weight excluding hydrogens is 274 g/mol. The predicted molar refractivity (Wildman–Crippen MR) is 77.3 cm³/mol. The molecule has 2 aromatic carbocycles. The number of fused-ring (bicyclic) bond motifs is 1. The lowest BCUT2D eigenvalue weighted by atomic mass is 10.1. The van der Waals surface area contributed by atoms with E-state index in [4.69, 9.17) is 0 Å². The summed E-state index contributed by atoms with van der Waals surface area (Å²) in [5.74, 6) is -2.12. The van der Waals surface area contributed by atoms with E-state index in [1.54, 1.807) is 24.4 Å². The SMILES string of the molecule is Cc1ccc(F)c(NC(=O)c2ccc3cc[nH]c3c2)c1F. The van der Waals surface area contributed by atoms with E-state index >= 15 is 0 Å². The third kappa shape index (κ3) is 2.38. The van der Waals surface area contributed by atoms with Crippen LogP contribution in [0.1, 0.15) is 15.9 Å². The first kappa shape index (κ1) is 13.3. The molecule has 0 fully saturated rings. The summed E-state index contributed by atoms with van der Waals surface area (Å²) >= 11 is 0. The Morgan fingerprint density at radius 2 is 1.95 bits per heavy atom. The van der Waals surface area contributed by atoms with Gasteiger partial charge < -0.3 is 10.3 Å². The van der Waals surface area contributed by atoms with Crippen LogP contribution in [0.3, 0.4) is 0 Å². The number of rotatable bonds is 2. The molecular formula is C16H12F2N2O. The number of anilines is 1. The Morgan fingerprint density at radius 3 is 2.76 bits per heavy atom. The Hall–Kier alpha value is -2.69. The molecule has 1 aromatic heterocycles. The fraction of sp³-hybridized carbons (Fsp3) is 0.0625. The van der Waals surface area contributed by atoms with E-state index in [0.717, 1.165) is 17.0 Å². The van der Waals surface area contributed by atoms with Crippen molar-refractivity contribution in [3.05, 3.63) is 65.4 Å². The van der Waals surface area contributed by atoms with Crippen molar-refractivity contribution in [3.63, 3.8) is 0 Å². The molecule has 5 heteroatoms. The van der Waals surface area contributed by atoms with Crippen LogP contribution in [0.25, 0.3) is 10.9 Å². The van der Waals surface area contributed by atoms with Crippen molar-refractivity contribution in [3.8, 4) is 0 Å². The third-order valence-electron chi connectivity index (χ3n) is 3.34. The lowest BCUT2D eigenvalue weighted by molar-refractivity contribution is 0.102. The van der Waals surface area contributed by atoms with Crippen molar-refractivity contribution >= 4 is 22.5 Å². The normalized spacial score (nSPS) is 10.8. The second kappa shape index (κ2) is 5.01. The Kier molecular flexibility index (Phi) is 3.17. The molecule has 0 spiro atoms. The van der Waals surface area contributed by atoms with Crippen molar-refractivity contribution in [1.29, 1.82) is 0 Å². The molecule has 0 radical (unpaired) electrons. The number of nitrogens with one attached hydrogen (secondary N) is 2. The molecule has 0 bridgehead atoms. The minimum Gasteiger partial charge on any atom is -0.361 e. The maximum absolute atomic E-state index is 13.9. The minimum atomic E-state index is -0.799. The smallest absolute Gasteiger partial charge is 0.255 e. The second-order valence-corrected chi connectivity index (χ2v) is 4.79. The maximum Gasteiger partial charge on any atom is 0.255 e. The number of amides is 1. The van der Waals surface area contributed by atoms with Gasteiger partial charge in [0.15, 0.2) is 5.82 Å². The van der Waals surface area contributed by atoms with Crippen molar-refractivity contribution in [2.45, 2.75) is 6.92 Å². The minimum absolute atomic E-state index is 0.270. The van der Waals surface area contributed by atoms with E-state index in [9.17, 15) is 13.6 Å². The van der Waals surface area contributed by atoms with Gasteiger partial charge in [-0.2, -0.15) is 0 Å². The molecule has 0 saturated carbocycles. The van der Waals surface area contributed by atoms with Gasteiger partial charge in [0.2, 0.25) is 0 Å². The first-order valence-corrected chi connectivity index (χ1v) is 6.39. The molecule has 21 heavy (non-hydrogen) atoms. The number of carbonyl (C=O) groups excluding carboxylic acids is 1. The summed E-state index contributed by atoms with van der Waals surface area (Å²) < 4.78 is 27.5. The Morgan fingerprint density at radius 1 is 1.14 bits per heavy atom. The largest absolute Gasteiger partial charge is 0.361 e. The van der Waals surface area contributed by atoms with Gasteiger partial charge in [0.05, 0.1) is 0 Å². The number of aromatic amines is 1. The molecule has 3 aromatic rings. The molecule has 0 unspecified atom stereocenters. The molecule has 0 aliphatic heterocycles. The standard InChI is InChI=1S/C16H12F2N2O/c1-9-2-5-12(17)15(14(9)18)20-16(21)11-4-3-10-6-7-19-13(10)8-11/h2-8,19H,1H3,(H,20,21). The highest BCUT2D eigenvalue weighted by Gasteiger charge is 2.15. The van der Waals surface area contributed by atoms with E-state index < -0.39 is 23.2 Å². The number of aromatic nitrogens is 1. The van der Waals surface area contributed by atoms with Crippen LogP contribution in [0, 0.1) is 18.6 Å². The number of hydrogen-bond donors (Lipinski definition) is 2. The summed E-state index contributed by atoms with van der Waals surface area (Å²) in [5, 5.41) is 3.25. The molecule has 106 valence electrons. The van der Waals surface area contributed by atoms with E-state index in [2.05, 4.69) is 10.3 Å². The lowest BCUT2D eigenvalue weighted by Gasteiger charge is -2.09. The molecule has 3 rings (SSSR count). The van der Waals surface area contributed by atoms with E-state index in [1.807, 2.05) is 6.07 Å². The Labute approximate surface area is 119 Å². The quantitative estimate of drug-likeness (QED) is 0.734. The van der Waals surface area contributed by atoms with Crippen LogP contribution >= 0.6 is 0 Å². The van der Waals surface area contributed by atoms with Gasteiger partial charge in [0.1, 0.15) is 11.5 Å². The van der Waals surface area contributed by atoms with Crippen LogP contribution in [0.5, 0.6) is 0 Å². The lowest BCUT2D eigenvalue weighted by Crippen LogP contribution is -2.14. The Bertz CT molecular complexity index is 839. The zero-order valence-corrected chi connectivity index (χ0v) is 11.2. The topological polar surface area (TPSA) is 44.9 Å². The maximum atomic E-state index is 13.9. The molecule has 1 heterocycles. The van der Waals surface area contributed by atoms with Gasteiger partial charge in [0.25, 0.3) is 5.91 Å². The highest BCUT2D eigenvalue weighted by atomic mass is 19.1. The number of benzene rings is 2. The van der Waals surface area contributed by atoms with Crippen LogP contribution in [0.2, 0.25) is 0 Å². The summed E-state index contributed by atoms with van der Waals surface area (Å²) in [4.78, 5) is 15.1.